The van der Waals surface area contributed by atoms with Crippen molar-refractivity contribution in [3.05, 3.63) is 53.9 Å². The van der Waals surface area contributed by atoms with Crippen LogP contribution in [0.1, 0.15) is 11.3 Å². The number of benzene rings is 1. The molecule has 1 aromatic heterocycles. The molecule has 5 nitrogen and oxygen atoms in total. The molecule has 0 aliphatic carbocycles. The standard InChI is InChI=1S/C13H13N3O2/c1-9-5-2-3-6-10(9)18-11-7-4-8-15-12(11)13(14)16-17/h2-8,17H,1H3,(H2,14,16). The van der Waals surface area contributed by atoms with Crippen LogP contribution < -0.4 is 10.5 Å². The molecule has 1 aromatic carbocycles. The van der Waals surface area contributed by atoms with Crippen molar-refractivity contribution in [1.29, 1.82) is 0 Å². The van der Waals surface area contributed by atoms with Crippen molar-refractivity contribution in [2.75, 3.05) is 0 Å². The molecule has 0 spiro atoms. The van der Waals surface area contributed by atoms with E-state index < -0.39 is 0 Å². The maximum Gasteiger partial charge on any atom is 0.192 e. The van der Waals surface area contributed by atoms with Crippen molar-refractivity contribution in [1.82, 2.24) is 4.98 Å². The molecule has 0 aliphatic heterocycles. The third kappa shape index (κ3) is 2.40. The predicted molar refractivity (Wildman–Crippen MR) is 68.0 cm³/mol. The quantitative estimate of drug-likeness (QED) is 0.375. The predicted octanol–water partition coefficient (Wildman–Crippen LogP) is 2.28. The third-order valence-corrected chi connectivity index (χ3v) is 2.43. The minimum atomic E-state index is -0.0841. The third-order valence-electron chi connectivity index (χ3n) is 2.43. The molecule has 92 valence electrons. The Morgan fingerprint density at radius 1 is 1.22 bits per heavy atom. The van der Waals surface area contributed by atoms with Crippen molar-refractivity contribution >= 4 is 5.84 Å². The van der Waals surface area contributed by atoms with E-state index in [-0.39, 0.29) is 5.84 Å². The van der Waals surface area contributed by atoms with Gasteiger partial charge in [-0.05, 0) is 30.7 Å². The van der Waals surface area contributed by atoms with Gasteiger partial charge in [-0.2, -0.15) is 0 Å². The first-order valence-electron chi connectivity index (χ1n) is 5.39. The molecule has 0 unspecified atom stereocenters. The molecule has 2 aromatic rings. The number of hydrogen-bond donors (Lipinski definition) is 2. The van der Waals surface area contributed by atoms with Gasteiger partial charge in [0.05, 0.1) is 0 Å². The number of rotatable bonds is 3. The number of aryl methyl sites for hydroxylation is 1. The van der Waals surface area contributed by atoms with E-state index in [4.69, 9.17) is 15.7 Å². The molecule has 5 heteroatoms. The van der Waals surface area contributed by atoms with Crippen molar-refractivity contribution in [3.63, 3.8) is 0 Å². The lowest BCUT2D eigenvalue weighted by molar-refractivity contribution is 0.318. The van der Waals surface area contributed by atoms with Crippen LogP contribution in [-0.4, -0.2) is 16.0 Å². The second-order valence-corrected chi connectivity index (χ2v) is 3.70. The van der Waals surface area contributed by atoms with Gasteiger partial charge < -0.3 is 15.7 Å². The molecule has 0 atom stereocenters. The summed E-state index contributed by atoms with van der Waals surface area (Å²) in [6, 6.07) is 11.0. The van der Waals surface area contributed by atoms with Gasteiger partial charge in [0.25, 0.3) is 0 Å². The highest BCUT2D eigenvalue weighted by Crippen LogP contribution is 2.26. The number of amidine groups is 1. The van der Waals surface area contributed by atoms with Gasteiger partial charge in [0.1, 0.15) is 5.75 Å². The van der Waals surface area contributed by atoms with Crippen molar-refractivity contribution in [3.8, 4) is 11.5 Å². The Kier molecular flexibility index (Phi) is 3.43. The van der Waals surface area contributed by atoms with Crippen molar-refractivity contribution < 1.29 is 9.94 Å². The van der Waals surface area contributed by atoms with Gasteiger partial charge in [0.15, 0.2) is 17.3 Å². The second-order valence-electron chi connectivity index (χ2n) is 3.70. The van der Waals surface area contributed by atoms with Crippen LogP contribution >= 0.6 is 0 Å². The van der Waals surface area contributed by atoms with Crippen LogP contribution in [0.3, 0.4) is 0 Å². The summed E-state index contributed by atoms with van der Waals surface area (Å²) in [7, 11) is 0. The lowest BCUT2D eigenvalue weighted by Crippen LogP contribution is -2.16. The van der Waals surface area contributed by atoms with Crippen LogP contribution in [0, 0.1) is 6.92 Å². The minimum Gasteiger partial charge on any atom is -0.455 e. The van der Waals surface area contributed by atoms with E-state index in [0.29, 0.717) is 17.2 Å². The maximum atomic E-state index is 8.70. The molecule has 18 heavy (non-hydrogen) atoms. The van der Waals surface area contributed by atoms with Gasteiger partial charge in [-0.3, -0.25) is 0 Å². The summed E-state index contributed by atoms with van der Waals surface area (Å²) in [5, 5.41) is 11.6. The summed E-state index contributed by atoms with van der Waals surface area (Å²) in [6.45, 7) is 1.94. The minimum absolute atomic E-state index is 0.0841. The molecule has 2 rings (SSSR count). The molecule has 0 amide bonds. The number of aromatic nitrogens is 1. The average molecular weight is 243 g/mol. The number of nitrogens with two attached hydrogens (primary N) is 1. The van der Waals surface area contributed by atoms with Gasteiger partial charge >= 0.3 is 0 Å². The fourth-order valence-electron chi connectivity index (χ4n) is 1.50. The first kappa shape index (κ1) is 11.9. The highest BCUT2D eigenvalue weighted by atomic mass is 16.5. The smallest absolute Gasteiger partial charge is 0.192 e. The number of oxime groups is 1. The van der Waals surface area contributed by atoms with E-state index in [1.807, 2.05) is 31.2 Å². The van der Waals surface area contributed by atoms with E-state index in [0.717, 1.165) is 5.56 Å². The molecule has 1 heterocycles. The average Bonchev–Trinajstić information content (AvgIpc) is 2.41. The highest BCUT2D eigenvalue weighted by Gasteiger charge is 2.11. The summed E-state index contributed by atoms with van der Waals surface area (Å²) in [5.74, 6) is 1.07. The van der Waals surface area contributed by atoms with Gasteiger partial charge in [-0.15, -0.1) is 0 Å². The topological polar surface area (TPSA) is 80.7 Å². The van der Waals surface area contributed by atoms with Gasteiger partial charge in [0, 0.05) is 6.20 Å². The van der Waals surface area contributed by atoms with Crippen LogP contribution in [0.2, 0.25) is 0 Å². The Morgan fingerprint density at radius 2 is 1.94 bits per heavy atom. The fraction of sp³-hybridized carbons (Fsp3) is 0.0769. The van der Waals surface area contributed by atoms with Crippen molar-refractivity contribution in [2.24, 2.45) is 10.9 Å². The van der Waals surface area contributed by atoms with E-state index in [9.17, 15) is 0 Å². The Hall–Kier alpha value is -2.56. The van der Waals surface area contributed by atoms with Gasteiger partial charge in [-0.1, -0.05) is 23.4 Å². The molecule has 0 saturated carbocycles. The number of para-hydroxylation sites is 1. The lowest BCUT2D eigenvalue weighted by Gasteiger charge is -2.10. The Balaban J connectivity index is 2.38. The highest BCUT2D eigenvalue weighted by molar-refractivity contribution is 5.97. The molecular formula is C13H13N3O2. The number of nitrogens with zero attached hydrogens (tertiary/aromatic N) is 2. The summed E-state index contributed by atoms with van der Waals surface area (Å²) in [4.78, 5) is 4.03. The summed E-state index contributed by atoms with van der Waals surface area (Å²) in [6.07, 6.45) is 1.55. The van der Waals surface area contributed by atoms with Crippen LogP contribution in [0.5, 0.6) is 11.5 Å². The number of pyridine rings is 1. The van der Waals surface area contributed by atoms with E-state index in [1.54, 1.807) is 18.3 Å². The number of ether oxygens (including phenoxy) is 1. The van der Waals surface area contributed by atoms with Crippen LogP contribution in [0.15, 0.2) is 47.8 Å². The molecule has 0 radical (unpaired) electrons. The normalized spacial score (nSPS) is 11.3. The monoisotopic (exact) mass is 243 g/mol. The SMILES string of the molecule is Cc1ccccc1Oc1cccnc1/C(N)=N/O. The van der Waals surface area contributed by atoms with Gasteiger partial charge in [0.2, 0.25) is 0 Å². The molecule has 0 bridgehead atoms. The lowest BCUT2D eigenvalue weighted by atomic mass is 10.2. The summed E-state index contributed by atoms with van der Waals surface area (Å²) < 4.78 is 5.73. The molecule has 0 saturated heterocycles. The van der Waals surface area contributed by atoms with E-state index in [1.165, 1.54) is 0 Å². The summed E-state index contributed by atoms with van der Waals surface area (Å²) >= 11 is 0. The molecule has 0 fully saturated rings. The number of hydrogen-bond acceptors (Lipinski definition) is 4. The van der Waals surface area contributed by atoms with Crippen LogP contribution in [0.4, 0.5) is 0 Å². The first-order valence-corrected chi connectivity index (χ1v) is 5.39. The largest absolute Gasteiger partial charge is 0.455 e. The zero-order chi connectivity index (χ0) is 13.0. The Morgan fingerprint density at radius 3 is 2.67 bits per heavy atom. The Bertz CT molecular complexity index is 582. The summed E-state index contributed by atoms with van der Waals surface area (Å²) in [5.41, 5.74) is 6.85. The molecule has 3 N–H and O–H groups in total. The molecular weight excluding hydrogens is 230 g/mol. The van der Waals surface area contributed by atoms with Crippen LogP contribution in [0.25, 0.3) is 0 Å². The zero-order valence-corrected chi connectivity index (χ0v) is 9.87. The second kappa shape index (κ2) is 5.18. The van der Waals surface area contributed by atoms with E-state index in [2.05, 4.69) is 10.1 Å². The maximum absolute atomic E-state index is 8.70. The Labute approximate surface area is 105 Å². The van der Waals surface area contributed by atoms with Gasteiger partial charge in [-0.25, -0.2) is 4.98 Å². The molecule has 0 aliphatic rings. The first-order chi connectivity index (χ1) is 8.72. The van der Waals surface area contributed by atoms with E-state index >= 15 is 0 Å². The van der Waals surface area contributed by atoms with Crippen molar-refractivity contribution in [2.45, 2.75) is 6.92 Å². The van der Waals surface area contributed by atoms with Crippen LogP contribution in [-0.2, 0) is 0 Å². The zero-order valence-electron chi connectivity index (χ0n) is 9.87. The fourth-order valence-corrected chi connectivity index (χ4v) is 1.50.